The number of Topliss-reactive ketones (excluding diaryl/α,β-unsaturated/α-hetero) is 1. The smallest absolute Gasteiger partial charge is 0.243 e. The Balaban J connectivity index is 1.74. The zero-order valence-electron chi connectivity index (χ0n) is 18.1. The fourth-order valence-electron chi connectivity index (χ4n) is 3.17. The van der Waals surface area contributed by atoms with Crippen molar-refractivity contribution >= 4 is 39.1 Å². The molecule has 0 fully saturated rings. The van der Waals surface area contributed by atoms with Crippen molar-refractivity contribution in [3.05, 3.63) is 60.0 Å². The predicted octanol–water partition coefficient (Wildman–Crippen LogP) is 2.16. The van der Waals surface area contributed by atoms with E-state index in [1.165, 1.54) is 38.2 Å². The first-order chi connectivity index (χ1) is 15.2. The van der Waals surface area contributed by atoms with Gasteiger partial charge < -0.3 is 5.32 Å². The summed E-state index contributed by atoms with van der Waals surface area (Å²) in [4.78, 5) is 24.2. The van der Waals surface area contributed by atoms with Crippen LogP contribution < -0.4 is 5.32 Å². The summed E-state index contributed by atoms with van der Waals surface area (Å²) in [6.07, 6.45) is 4.41. The molecule has 0 spiro atoms. The molecule has 0 aliphatic heterocycles. The van der Waals surface area contributed by atoms with Gasteiger partial charge in [0.2, 0.25) is 15.9 Å². The van der Waals surface area contributed by atoms with Crippen LogP contribution in [-0.2, 0) is 14.8 Å². The highest BCUT2D eigenvalue weighted by Crippen LogP contribution is 2.19. The van der Waals surface area contributed by atoms with Crippen molar-refractivity contribution in [3.63, 3.8) is 0 Å². The Labute approximate surface area is 191 Å². The number of aromatic nitrogens is 3. The molecule has 1 amide bonds. The number of carbonyl (C=O) groups is 2. The van der Waals surface area contributed by atoms with E-state index in [1.807, 2.05) is 35.1 Å². The lowest BCUT2D eigenvalue weighted by Crippen LogP contribution is -2.40. The Morgan fingerprint density at radius 2 is 1.88 bits per heavy atom. The molecule has 0 aliphatic carbocycles. The molecule has 1 atom stereocenters. The zero-order valence-corrected chi connectivity index (χ0v) is 19.7. The Kier molecular flexibility index (Phi) is 7.64. The lowest BCUT2D eigenvalue weighted by molar-refractivity contribution is -0.122. The molecule has 2 heterocycles. The number of hydrogen-bond donors (Lipinski definition) is 1. The fourth-order valence-corrected chi connectivity index (χ4v) is 4.77. The van der Waals surface area contributed by atoms with Gasteiger partial charge in [-0.2, -0.15) is 16.1 Å². The van der Waals surface area contributed by atoms with Crippen molar-refractivity contribution in [3.8, 4) is 0 Å². The second-order valence-electron chi connectivity index (χ2n) is 7.23. The molecule has 170 valence electrons. The number of ketones is 1. The average molecular weight is 476 g/mol. The number of rotatable bonds is 10. The van der Waals surface area contributed by atoms with Gasteiger partial charge in [0.05, 0.1) is 17.5 Å². The van der Waals surface area contributed by atoms with E-state index in [9.17, 15) is 18.0 Å². The van der Waals surface area contributed by atoms with Gasteiger partial charge in [-0.25, -0.2) is 8.42 Å². The summed E-state index contributed by atoms with van der Waals surface area (Å²) in [6.45, 7) is 1.05. The molecule has 3 aromatic rings. The molecule has 2 aromatic heterocycles. The number of nitrogens with one attached hydrogen (secondary N) is 1. The van der Waals surface area contributed by atoms with E-state index in [4.69, 9.17) is 0 Å². The van der Waals surface area contributed by atoms with Gasteiger partial charge in [-0.15, -0.1) is 10.2 Å². The number of benzene rings is 1. The molecule has 11 heteroatoms. The van der Waals surface area contributed by atoms with Gasteiger partial charge in [0.15, 0.2) is 17.3 Å². The van der Waals surface area contributed by atoms with Crippen molar-refractivity contribution < 1.29 is 18.0 Å². The number of carbonyl (C=O) groups excluding carboxylic acids is 2. The average Bonchev–Trinajstić information content (AvgIpc) is 3.20. The van der Waals surface area contributed by atoms with Crippen molar-refractivity contribution in [2.75, 3.05) is 25.6 Å². The molecule has 0 aliphatic rings. The molecule has 32 heavy (non-hydrogen) atoms. The minimum Gasteiger partial charge on any atom is -0.345 e. The lowest BCUT2D eigenvalue weighted by Gasteiger charge is -2.20. The monoisotopic (exact) mass is 475 g/mol. The lowest BCUT2D eigenvalue weighted by atomic mass is 10.2. The zero-order chi connectivity index (χ0) is 23.3. The molecule has 1 aromatic carbocycles. The van der Waals surface area contributed by atoms with Crippen molar-refractivity contribution in [2.24, 2.45) is 0 Å². The SMILES string of the molecule is CSCCC(NC(=O)CN(C)S(=O)(=O)c1ccc(C(C)=O)cc1)c1nnc2ccccn12. The Morgan fingerprint density at radius 1 is 1.16 bits per heavy atom. The number of fused-ring (bicyclic) bond motifs is 1. The number of nitrogens with zero attached hydrogens (tertiary/aromatic N) is 4. The highest BCUT2D eigenvalue weighted by molar-refractivity contribution is 7.98. The van der Waals surface area contributed by atoms with Crippen LogP contribution in [0.3, 0.4) is 0 Å². The molecule has 1 unspecified atom stereocenters. The third-order valence-corrected chi connectivity index (χ3v) is 7.39. The number of thioether (sulfide) groups is 1. The van der Waals surface area contributed by atoms with Crippen molar-refractivity contribution in [1.82, 2.24) is 24.2 Å². The van der Waals surface area contributed by atoms with Crippen LogP contribution in [0.4, 0.5) is 0 Å². The predicted molar refractivity (Wildman–Crippen MR) is 123 cm³/mol. The summed E-state index contributed by atoms with van der Waals surface area (Å²) in [6, 6.07) is 10.8. The van der Waals surface area contributed by atoms with Gasteiger partial charge in [0.25, 0.3) is 0 Å². The summed E-state index contributed by atoms with van der Waals surface area (Å²) in [7, 11) is -2.55. The van der Waals surface area contributed by atoms with Crippen LogP contribution >= 0.6 is 11.8 Å². The highest BCUT2D eigenvalue weighted by atomic mass is 32.2. The normalized spacial score (nSPS) is 12.8. The van der Waals surface area contributed by atoms with E-state index >= 15 is 0 Å². The van der Waals surface area contributed by atoms with E-state index in [0.29, 0.717) is 23.5 Å². The Bertz CT molecular complexity index is 1210. The van der Waals surface area contributed by atoms with E-state index < -0.39 is 22.0 Å². The van der Waals surface area contributed by atoms with Gasteiger partial charge >= 0.3 is 0 Å². The quantitative estimate of drug-likeness (QED) is 0.447. The maximum absolute atomic E-state index is 12.8. The van der Waals surface area contributed by atoms with Gasteiger partial charge in [-0.05, 0) is 49.6 Å². The van der Waals surface area contributed by atoms with Gasteiger partial charge in [0.1, 0.15) is 0 Å². The summed E-state index contributed by atoms with van der Waals surface area (Å²) in [5, 5.41) is 11.3. The van der Waals surface area contributed by atoms with Crippen molar-refractivity contribution in [2.45, 2.75) is 24.3 Å². The van der Waals surface area contributed by atoms with Gasteiger partial charge in [0, 0.05) is 18.8 Å². The van der Waals surface area contributed by atoms with Crippen LogP contribution in [0.5, 0.6) is 0 Å². The molecule has 0 radical (unpaired) electrons. The second kappa shape index (κ2) is 10.2. The summed E-state index contributed by atoms with van der Waals surface area (Å²) in [5.74, 6) is 0.770. The third-order valence-electron chi connectivity index (χ3n) is 4.93. The van der Waals surface area contributed by atoms with Crippen molar-refractivity contribution in [1.29, 1.82) is 0 Å². The maximum atomic E-state index is 12.8. The number of sulfonamides is 1. The first kappa shape index (κ1) is 23.9. The van der Waals surface area contributed by atoms with E-state index in [0.717, 1.165) is 10.1 Å². The minimum atomic E-state index is -3.89. The third kappa shape index (κ3) is 5.34. The van der Waals surface area contributed by atoms with Gasteiger partial charge in [-0.3, -0.25) is 14.0 Å². The molecular formula is C21H25N5O4S2. The number of amides is 1. The summed E-state index contributed by atoms with van der Waals surface area (Å²) >= 11 is 1.64. The Hall–Kier alpha value is -2.76. The Morgan fingerprint density at radius 3 is 2.53 bits per heavy atom. The first-order valence-corrected chi connectivity index (χ1v) is 12.7. The molecule has 9 nitrogen and oxygen atoms in total. The van der Waals surface area contributed by atoms with E-state index in [-0.39, 0.29) is 17.2 Å². The van der Waals surface area contributed by atoms with E-state index in [1.54, 1.807) is 11.8 Å². The van der Waals surface area contributed by atoms with Crippen LogP contribution in [0.2, 0.25) is 0 Å². The minimum absolute atomic E-state index is 0.0141. The van der Waals surface area contributed by atoms with Crippen LogP contribution in [0.25, 0.3) is 5.65 Å². The topological polar surface area (TPSA) is 114 Å². The summed E-state index contributed by atoms with van der Waals surface area (Å²) < 4.78 is 28.5. The number of pyridine rings is 1. The first-order valence-electron chi connectivity index (χ1n) is 9.89. The number of likely N-dealkylation sites (N-methyl/N-ethyl adjacent to an activating group) is 1. The number of hydrogen-bond acceptors (Lipinski definition) is 7. The maximum Gasteiger partial charge on any atom is 0.243 e. The highest BCUT2D eigenvalue weighted by Gasteiger charge is 2.26. The molecule has 3 rings (SSSR count). The van der Waals surface area contributed by atoms with Crippen LogP contribution in [0.1, 0.15) is 35.6 Å². The molecule has 0 saturated carbocycles. The standard InChI is InChI=1S/C21H25N5O4S2/c1-15(27)16-7-9-17(10-8-16)32(29,30)25(2)14-20(28)22-18(11-13-31-3)21-24-23-19-6-4-5-12-26(19)21/h4-10,12,18H,11,13-14H2,1-3H3,(H,22,28). The van der Waals surface area contributed by atoms with Crippen LogP contribution in [0, 0.1) is 0 Å². The second-order valence-corrected chi connectivity index (χ2v) is 10.3. The fraction of sp³-hybridized carbons (Fsp3) is 0.333. The molecular weight excluding hydrogens is 450 g/mol. The molecule has 0 saturated heterocycles. The largest absolute Gasteiger partial charge is 0.345 e. The molecule has 0 bridgehead atoms. The summed E-state index contributed by atoms with van der Waals surface area (Å²) in [5.41, 5.74) is 1.08. The van der Waals surface area contributed by atoms with Crippen LogP contribution in [-0.4, -0.2) is 64.6 Å². The van der Waals surface area contributed by atoms with Gasteiger partial charge in [-0.1, -0.05) is 18.2 Å². The van der Waals surface area contributed by atoms with E-state index in [2.05, 4.69) is 15.5 Å². The van der Waals surface area contributed by atoms with Crippen LogP contribution in [0.15, 0.2) is 53.6 Å². The molecule has 1 N–H and O–H groups in total.